The molecule has 1 aliphatic rings. The first-order valence-corrected chi connectivity index (χ1v) is 8.01. The van der Waals surface area contributed by atoms with E-state index in [0.29, 0.717) is 38.6 Å². The third-order valence-electron chi connectivity index (χ3n) is 3.84. The number of ether oxygens (including phenoxy) is 1. The first-order chi connectivity index (χ1) is 11.4. The molecule has 1 N–H and O–H groups in total. The van der Waals surface area contributed by atoms with Crippen molar-refractivity contribution < 1.29 is 17.9 Å². The van der Waals surface area contributed by atoms with E-state index in [-0.39, 0.29) is 12.5 Å². The first kappa shape index (κ1) is 18.6. The molecular weight excluding hydrogens is 323 g/mol. The molecule has 1 aromatic rings. The second-order valence-corrected chi connectivity index (χ2v) is 5.80. The van der Waals surface area contributed by atoms with Gasteiger partial charge in [-0.15, -0.1) is 0 Å². The number of hydrogen-bond donors (Lipinski definition) is 1. The zero-order valence-electron chi connectivity index (χ0n) is 14.0. The van der Waals surface area contributed by atoms with Crippen LogP contribution >= 0.6 is 0 Å². The predicted octanol–water partition coefficient (Wildman–Crippen LogP) is 2.10. The van der Waals surface area contributed by atoms with Gasteiger partial charge in [-0.25, -0.2) is 0 Å². The van der Waals surface area contributed by atoms with Crippen molar-refractivity contribution in [2.75, 3.05) is 33.3 Å². The number of morpholine rings is 1. The van der Waals surface area contributed by atoms with Crippen molar-refractivity contribution in [1.29, 1.82) is 0 Å². The maximum atomic E-state index is 12.1. The summed E-state index contributed by atoms with van der Waals surface area (Å²) in [5.74, 6) is 0.694. The van der Waals surface area contributed by atoms with Gasteiger partial charge in [0.2, 0.25) is 0 Å². The van der Waals surface area contributed by atoms with Crippen LogP contribution in [0.2, 0.25) is 0 Å². The molecule has 9 heteroatoms. The topological polar surface area (TPSA) is 54.7 Å². The van der Waals surface area contributed by atoms with Gasteiger partial charge in [0.1, 0.15) is 6.10 Å². The van der Waals surface area contributed by atoms with Gasteiger partial charge in [-0.1, -0.05) is 0 Å². The highest BCUT2D eigenvalue weighted by atomic mass is 19.4. The standard InChI is InChI=1S/C15H24F3N5O/c1-19-14(20-6-4-3-5-15(16,17)18)23-7-8-24-13(11-23)12-9-21-22(2)10-12/h9-10,13H,3-8,11H2,1-2H3,(H,19,20). The van der Waals surface area contributed by atoms with Crippen molar-refractivity contribution in [2.45, 2.75) is 31.5 Å². The van der Waals surface area contributed by atoms with Crippen molar-refractivity contribution in [2.24, 2.45) is 12.0 Å². The summed E-state index contributed by atoms with van der Waals surface area (Å²) in [4.78, 5) is 6.28. The molecular formula is C15H24F3N5O. The Morgan fingerprint density at radius 2 is 2.25 bits per heavy atom. The van der Waals surface area contributed by atoms with Crippen LogP contribution in [0.5, 0.6) is 0 Å². The van der Waals surface area contributed by atoms with E-state index >= 15 is 0 Å². The second kappa shape index (κ2) is 8.36. The molecule has 0 aliphatic carbocycles. The van der Waals surface area contributed by atoms with Gasteiger partial charge in [-0.05, 0) is 12.8 Å². The molecule has 1 atom stereocenters. The van der Waals surface area contributed by atoms with Gasteiger partial charge in [-0.3, -0.25) is 9.67 Å². The average molecular weight is 347 g/mol. The second-order valence-electron chi connectivity index (χ2n) is 5.80. The fourth-order valence-corrected chi connectivity index (χ4v) is 2.63. The lowest BCUT2D eigenvalue weighted by Gasteiger charge is -2.34. The highest BCUT2D eigenvalue weighted by Gasteiger charge is 2.26. The normalized spacial score (nSPS) is 19.6. The van der Waals surface area contributed by atoms with E-state index in [0.717, 1.165) is 5.56 Å². The minimum Gasteiger partial charge on any atom is -0.370 e. The van der Waals surface area contributed by atoms with Gasteiger partial charge >= 0.3 is 6.18 Å². The van der Waals surface area contributed by atoms with Gasteiger partial charge in [0, 0.05) is 45.4 Å². The summed E-state index contributed by atoms with van der Waals surface area (Å²) >= 11 is 0. The average Bonchev–Trinajstić information content (AvgIpc) is 2.96. The molecule has 0 radical (unpaired) electrons. The molecule has 2 heterocycles. The fourth-order valence-electron chi connectivity index (χ4n) is 2.63. The van der Waals surface area contributed by atoms with E-state index in [1.165, 1.54) is 0 Å². The largest absolute Gasteiger partial charge is 0.389 e. The Hall–Kier alpha value is -1.77. The van der Waals surface area contributed by atoms with E-state index in [9.17, 15) is 13.2 Å². The third kappa shape index (κ3) is 5.70. The Morgan fingerprint density at radius 1 is 1.46 bits per heavy atom. The zero-order valence-corrected chi connectivity index (χ0v) is 14.0. The molecule has 2 rings (SSSR count). The number of rotatable bonds is 5. The summed E-state index contributed by atoms with van der Waals surface area (Å²) in [6.07, 6.45) is -0.639. The Morgan fingerprint density at radius 3 is 2.88 bits per heavy atom. The molecule has 0 aromatic carbocycles. The van der Waals surface area contributed by atoms with E-state index < -0.39 is 12.6 Å². The van der Waals surface area contributed by atoms with Crippen LogP contribution in [-0.2, 0) is 11.8 Å². The Kier molecular flexibility index (Phi) is 6.47. The molecule has 1 saturated heterocycles. The molecule has 0 spiro atoms. The van der Waals surface area contributed by atoms with Gasteiger partial charge in [0.15, 0.2) is 5.96 Å². The van der Waals surface area contributed by atoms with Crippen LogP contribution in [0.25, 0.3) is 0 Å². The van der Waals surface area contributed by atoms with Crippen molar-refractivity contribution >= 4 is 5.96 Å². The minimum atomic E-state index is -4.08. The van der Waals surface area contributed by atoms with Crippen LogP contribution in [0.15, 0.2) is 17.4 Å². The van der Waals surface area contributed by atoms with Gasteiger partial charge in [0.05, 0.1) is 19.3 Å². The monoisotopic (exact) mass is 347 g/mol. The third-order valence-corrected chi connectivity index (χ3v) is 3.84. The summed E-state index contributed by atoms with van der Waals surface area (Å²) in [5, 5.41) is 7.29. The lowest BCUT2D eigenvalue weighted by molar-refractivity contribution is -0.135. The summed E-state index contributed by atoms with van der Waals surface area (Å²) in [5.41, 5.74) is 1.00. The Bertz CT molecular complexity index is 543. The quantitative estimate of drug-likeness (QED) is 0.504. The number of nitrogens with one attached hydrogen (secondary N) is 1. The molecule has 6 nitrogen and oxygen atoms in total. The number of aromatic nitrogens is 2. The van der Waals surface area contributed by atoms with E-state index in [1.807, 2.05) is 13.2 Å². The summed E-state index contributed by atoms with van der Waals surface area (Å²) in [7, 11) is 3.53. The lowest BCUT2D eigenvalue weighted by Crippen LogP contribution is -2.48. The van der Waals surface area contributed by atoms with Crippen molar-refractivity contribution in [3.05, 3.63) is 18.0 Å². The molecule has 136 valence electrons. The fraction of sp³-hybridized carbons (Fsp3) is 0.733. The van der Waals surface area contributed by atoms with E-state index in [1.54, 1.807) is 17.9 Å². The molecule has 1 fully saturated rings. The molecule has 1 aromatic heterocycles. The smallest absolute Gasteiger partial charge is 0.370 e. The number of aryl methyl sites for hydroxylation is 1. The molecule has 1 aliphatic heterocycles. The number of guanidine groups is 1. The minimum absolute atomic E-state index is 0.0868. The van der Waals surface area contributed by atoms with Crippen LogP contribution < -0.4 is 5.32 Å². The number of unbranched alkanes of at least 4 members (excludes halogenated alkanes) is 1. The van der Waals surface area contributed by atoms with Crippen molar-refractivity contribution in [1.82, 2.24) is 20.0 Å². The zero-order chi connectivity index (χ0) is 17.6. The SMILES string of the molecule is CN=C(NCCCCC(F)(F)F)N1CCOC(c2cnn(C)c2)C1. The molecule has 1 unspecified atom stereocenters. The number of hydrogen-bond acceptors (Lipinski definition) is 3. The first-order valence-electron chi connectivity index (χ1n) is 8.01. The molecule has 24 heavy (non-hydrogen) atoms. The maximum absolute atomic E-state index is 12.1. The van der Waals surface area contributed by atoms with Crippen LogP contribution in [0.4, 0.5) is 13.2 Å². The van der Waals surface area contributed by atoms with E-state index in [4.69, 9.17) is 4.74 Å². The maximum Gasteiger partial charge on any atom is 0.389 e. The Labute approximate surface area is 139 Å². The molecule has 0 bridgehead atoms. The van der Waals surface area contributed by atoms with Crippen LogP contribution in [-0.4, -0.2) is 60.1 Å². The highest BCUT2D eigenvalue weighted by molar-refractivity contribution is 5.80. The van der Waals surface area contributed by atoms with E-state index in [2.05, 4.69) is 20.3 Å². The summed E-state index contributed by atoms with van der Waals surface area (Å²) in [6, 6.07) is 0. The van der Waals surface area contributed by atoms with Crippen molar-refractivity contribution in [3.8, 4) is 0 Å². The summed E-state index contributed by atoms with van der Waals surface area (Å²) in [6.45, 7) is 2.36. The molecule has 0 amide bonds. The number of nitrogens with zero attached hydrogens (tertiary/aromatic N) is 4. The number of alkyl halides is 3. The molecule has 0 saturated carbocycles. The van der Waals surface area contributed by atoms with Gasteiger partial charge in [0.25, 0.3) is 0 Å². The van der Waals surface area contributed by atoms with Crippen LogP contribution in [0, 0.1) is 0 Å². The lowest BCUT2D eigenvalue weighted by atomic mass is 10.1. The Balaban J connectivity index is 1.80. The predicted molar refractivity (Wildman–Crippen MR) is 84.7 cm³/mol. The van der Waals surface area contributed by atoms with Crippen LogP contribution in [0.1, 0.15) is 30.9 Å². The van der Waals surface area contributed by atoms with Gasteiger partial charge < -0.3 is 15.0 Å². The highest BCUT2D eigenvalue weighted by Crippen LogP contribution is 2.22. The number of aliphatic imine (C=N–C) groups is 1. The summed E-state index contributed by atoms with van der Waals surface area (Å²) < 4.78 is 43.9. The van der Waals surface area contributed by atoms with Crippen molar-refractivity contribution in [3.63, 3.8) is 0 Å². The number of halogens is 3. The van der Waals surface area contributed by atoms with Gasteiger partial charge in [-0.2, -0.15) is 18.3 Å². The van der Waals surface area contributed by atoms with Crippen LogP contribution in [0.3, 0.4) is 0 Å².